The summed E-state index contributed by atoms with van der Waals surface area (Å²) in [6.45, 7) is 4.77. The molecule has 0 aliphatic heterocycles. The standard InChI is InChI=1S/C18H22N2O4/c1-3-20(4-2)15-10-9-12-7-5-6-8-13(12)16(15)17(22)19-14(11-21)18(23)24/h5-10,14,21H,3-4,11H2,1-2H3,(H,19,22)(H,23,24). The van der Waals surface area contributed by atoms with Gasteiger partial charge in [0.1, 0.15) is 0 Å². The highest BCUT2D eigenvalue weighted by Crippen LogP contribution is 2.29. The summed E-state index contributed by atoms with van der Waals surface area (Å²) in [6, 6.07) is 9.95. The normalized spacial score (nSPS) is 12.0. The van der Waals surface area contributed by atoms with Gasteiger partial charge in [0, 0.05) is 13.1 Å². The van der Waals surface area contributed by atoms with Crippen LogP contribution in [0, 0.1) is 0 Å². The Morgan fingerprint density at radius 3 is 2.38 bits per heavy atom. The van der Waals surface area contributed by atoms with Crippen molar-refractivity contribution < 1.29 is 19.8 Å². The molecule has 1 unspecified atom stereocenters. The van der Waals surface area contributed by atoms with E-state index in [0.717, 1.165) is 29.5 Å². The number of anilines is 1. The molecular weight excluding hydrogens is 308 g/mol. The molecular formula is C18H22N2O4. The minimum absolute atomic E-state index is 0.427. The molecule has 0 heterocycles. The summed E-state index contributed by atoms with van der Waals surface area (Å²) in [6.07, 6.45) is 0. The molecule has 0 saturated carbocycles. The second-order valence-corrected chi connectivity index (χ2v) is 5.40. The third-order valence-corrected chi connectivity index (χ3v) is 4.02. The van der Waals surface area contributed by atoms with E-state index in [0.29, 0.717) is 5.56 Å². The third-order valence-electron chi connectivity index (χ3n) is 4.02. The Bertz CT molecular complexity index is 741. The lowest BCUT2D eigenvalue weighted by Crippen LogP contribution is -2.43. The van der Waals surface area contributed by atoms with Gasteiger partial charge in [-0.3, -0.25) is 4.79 Å². The molecule has 0 aliphatic rings. The van der Waals surface area contributed by atoms with E-state index in [-0.39, 0.29) is 0 Å². The molecule has 2 aromatic carbocycles. The van der Waals surface area contributed by atoms with Crippen molar-refractivity contribution in [2.75, 3.05) is 24.6 Å². The highest BCUT2D eigenvalue weighted by Gasteiger charge is 2.24. The molecule has 0 fully saturated rings. The van der Waals surface area contributed by atoms with Crippen molar-refractivity contribution in [3.63, 3.8) is 0 Å². The Hall–Kier alpha value is -2.60. The van der Waals surface area contributed by atoms with Crippen LogP contribution < -0.4 is 10.2 Å². The van der Waals surface area contributed by atoms with Crippen LogP contribution in [0.5, 0.6) is 0 Å². The molecule has 2 rings (SSSR count). The predicted molar refractivity (Wildman–Crippen MR) is 93.5 cm³/mol. The Morgan fingerprint density at radius 2 is 1.79 bits per heavy atom. The number of amides is 1. The molecule has 6 heteroatoms. The van der Waals surface area contributed by atoms with Crippen LogP contribution >= 0.6 is 0 Å². The van der Waals surface area contributed by atoms with Gasteiger partial charge in [-0.2, -0.15) is 0 Å². The molecule has 0 bridgehead atoms. The quantitative estimate of drug-likeness (QED) is 0.721. The summed E-state index contributed by atoms with van der Waals surface area (Å²) >= 11 is 0. The van der Waals surface area contributed by atoms with Gasteiger partial charge >= 0.3 is 5.97 Å². The van der Waals surface area contributed by atoms with Gasteiger partial charge in [-0.15, -0.1) is 0 Å². The van der Waals surface area contributed by atoms with Crippen LogP contribution in [0.4, 0.5) is 5.69 Å². The van der Waals surface area contributed by atoms with E-state index >= 15 is 0 Å². The molecule has 0 aliphatic carbocycles. The Kier molecular flexibility index (Phi) is 5.76. The number of fused-ring (bicyclic) bond motifs is 1. The zero-order valence-corrected chi connectivity index (χ0v) is 13.8. The fourth-order valence-electron chi connectivity index (χ4n) is 2.74. The zero-order valence-electron chi connectivity index (χ0n) is 13.8. The third kappa shape index (κ3) is 3.49. The summed E-state index contributed by atoms with van der Waals surface area (Å²) in [5, 5.41) is 22.3. The summed E-state index contributed by atoms with van der Waals surface area (Å²) in [5.74, 6) is -1.77. The smallest absolute Gasteiger partial charge is 0.328 e. The molecule has 0 spiro atoms. The van der Waals surface area contributed by atoms with Crippen LogP contribution in [0.25, 0.3) is 10.8 Å². The van der Waals surface area contributed by atoms with Gasteiger partial charge in [-0.25, -0.2) is 4.79 Å². The number of aliphatic hydroxyl groups is 1. The summed E-state index contributed by atoms with van der Waals surface area (Å²) < 4.78 is 0. The van der Waals surface area contributed by atoms with Crippen LogP contribution in [0.1, 0.15) is 24.2 Å². The van der Waals surface area contributed by atoms with Gasteiger partial charge < -0.3 is 20.4 Å². The van der Waals surface area contributed by atoms with Gasteiger partial charge in [-0.1, -0.05) is 30.3 Å². The molecule has 128 valence electrons. The average molecular weight is 330 g/mol. The topological polar surface area (TPSA) is 89.9 Å². The number of aliphatic hydroxyl groups excluding tert-OH is 1. The van der Waals surface area contributed by atoms with Crippen molar-refractivity contribution in [3.8, 4) is 0 Å². The predicted octanol–water partition coefficient (Wildman–Crippen LogP) is 1.86. The largest absolute Gasteiger partial charge is 0.480 e. The first-order valence-corrected chi connectivity index (χ1v) is 7.94. The minimum atomic E-state index is -1.33. The van der Waals surface area contributed by atoms with Gasteiger partial charge in [0.15, 0.2) is 6.04 Å². The second kappa shape index (κ2) is 7.79. The van der Waals surface area contributed by atoms with E-state index in [1.165, 1.54) is 0 Å². The molecule has 6 nitrogen and oxygen atoms in total. The van der Waals surface area contributed by atoms with Crippen molar-refractivity contribution in [1.29, 1.82) is 0 Å². The van der Waals surface area contributed by atoms with Crippen molar-refractivity contribution >= 4 is 28.3 Å². The number of nitrogens with zero attached hydrogens (tertiary/aromatic N) is 1. The van der Waals surface area contributed by atoms with E-state index < -0.39 is 24.5 Å². The van der Waals surface area contributed by atoms with Crippen LogP contribution in [-0.4, -0.2) is 47.8 Å². The number of carboxylic acids is 1. The highest BCUT2D eigenvalue weighted by molar-refractivity contribution is 6.12. The lowest BCUT2D eigenvalue weighted by Gasteiger charge is -2.25. The lowest BCUT2D eigenvalue weighted by molar-refractivity contribution is -0.140. The van der Waals surface area contributed by atoms with Gasteiger partial charge in [0.05, 0.1) is 17.9 Å². The number of nitrogens with one attached hydrogen (secondary N) is 1. The van der Waals surface area contributed by atoms with E-state index in [1.54, 1.807) is 0 Å². The van der Waals surface area contributed by atoms with Gasteiger partial charge in [0.2, 0.25) is 0 Å². The first-order valence-electron chi connectivity index (χ1n) is 7.94. The number of carbonyl (C=O) groups is 2. The molecule has 0 radical (unpaired) electrons. The number of hydrogen-bond donors (Lipinski definition) is 3. The summed E-state index contributed by atoms with van der Waals surface area (Å²) in [7, 11) is 0. The molecule has 24 heavy (non-hydrogen) atoms. The maximum atomic E-state index is 12.8. The van der Waals surface area contributed by atoms with Crippen molar-refractivity contribution in [1.82, 2.24) is 5.32 Å². The number of carboxylic acid groups (broad SMARTS) is 1. The van der Waals surface area contributed by atoms with Crippen LogP contribution in [0.2, 0.25) is 0 Å². The number of hydrogen-bond acceptors (Lipinski definition) is 4. The molecule has 0 saturated heterocycles. The van der Waals surface area contributed by atoms with Gasteiger partial charge in [-0.05, 0) is 30.7 Å². The van der Waals surface area contributed by atoms with Gasteiger partial charge in [0.25, 0.3) is 5.91 Å². The number of carbonyl (C=O) groups excluding carboxylic acids is 1. The Morgan fingerprint density at radius 1 is 1.12 bits per heavy atom. The molecule has 1 atom stereocenters. The molecule has 3 N–H and O–H groups in total. The monoisotopic (exact) mass is 330 g/mol. The Labute approximate surface area is 140 Å². The SMILES string of the molecule is CCN(CC)c1ccc2ccccc2c1C(=O)NC(CO)C(=O)O. The summed E-state index contributed by atoms with van der Waals surface area (Å²) in [4.78, 5) is 25.9. The van der Waals surface area contributed by atoms with E-state index in [1.807, 2.05) is 55.1 Å². The van der Waals surface area contributed by atoms with Crippen LogP contribution in [0.15, 0.2) is 36.4 Å². The van der Waals surface area contributed by atoms with Crippen molar-refractivity contribution in [2.45, 2.75) is 19.9 Å². The minimum Gasteiger partial charge on any atom is -0.480 e. The summed E-state index contributed by atoms with van der Waals surface area (Å²) in [5.41, 5.74) is 1.18. The first-order chi connectivity index (χ1) is 11.5. The highest BCUT2D eigenvalue weighted by atomic mass is 16.4. The molecule has 0 aromatic heterocycles. The van der Waals surface area contributed by atoms with Crippen molar-refractivity contribution in [2.24, 2.45) is 0 Å². The number of rotatable bonds is 7. The van der Waals surface area contributed by atoms with Crippen molar-refractivity contribution in [3.05, 3.63) is 42.0 Å². The first kappa shape index (κ1) is 17.7. The fraction of sp³-hybridized carbons (Fsp3) is 0.333. The Balaban J connectivity index is 2.57. The lowest BCUT2D eigenvalue weighted by atomic mass is 10.0. The van der Waals surface area contributed by atoms with E-state index in [9.17, 15) is 14.7 Å². The van der Waals surface area contributed by atoms with E-state index in [2.05, 4.69) is 5.32 Å². The number of benzene rings is 2. The average Bonchev–Trinajstić information content (AvgIpc) is 2.59. The maximum Gasteiger partial charge on any atom is 0.328 e. The number of aliphatic carboxylic acids is 1. The van der Waals surface area contributed by atoms with Crippen LogP contribution in [-0.2, 0) is 4.79 Å². The zero-order chi connectivity index (χ0) is 17.7. The maximum absolute atomic E-state index is 12.8. The van der Waals surface area contributed by atoms with Crippen LogP contribution in [0.3, 0.4) is 0 Å². The van der Waals surface area contributed by atoms with E-state index in [4.69, 9.17) is 5.11 Å². The fourth-order valence-corrected chi connectivity index (χ4v) is 2.74. The second-order valence-electron chi connectivity index (χ2n) is 5.40. The molecule has 1 amide bonds. The molecule has 2 aromatic rings.